The van der Waals surface area contributed by atoms with Crippen LogP contribution in [0, 0.1) is 34.0 Å². The summed E-state index contributed by atoms with van der Waals surface area (Å²) in [6, 6.07) is -0.995. The second-order valence-corrected chi connectivity index (χ2v) is 14.9. The van der Waals surface area contributed by atoms with Gasteiger partial charge in [0.05, 0.1) is 18.8 Å². The maximum absolute atomic E-state index is 14.5. The molecule has 4 aliphatic rings. The molecule has 0 aliphatic heterocycles. The molecular weight excluding hydrogens is 554 g/mol. The van der Waals surface area contributed by atoms with Crippen molar-refractivity contribution in [1.29, 1.82) is 0 Å². The van der Waals surface area contributed by atoms with Gasteiger partial charge in [0.1, 0.15) is 23.2 Å². The molecule has 9 atom stereocenters. The van der Waals surface area contributed by atoms with Crippen LogP contribution in [0.25, 0.3) is 0 Å². The number of Topliss-reactive ketones (excluding diaryl/α,β-unsaturated/α-hetero) is 1. The zero-order valence-corrected chi connectivity index (χ0v) is 27.1. The second kappa shape index (κ2) is 11.8. The lowest BCUT2D eigenvalue weighted by atomic mass is 9.39. The summed E-state index contributed by atoms with van der Waals surface area (Å²) in [6.45, 7) is 17.0. The fourth-order valence-electron chi connectivity index (χ4n) is 9.28. The number of hydrogen-bond donors (Lipinski definition) is 2. The van der Waals surface area contributed by atoms with Crippen molar-refractivity contribution in [3.8, 4) is 0 Å². The molecule has 0 aromatic heterocycles. The van der Waals surface area contributed by atoms with Crippen LogP contribution in [0.2, 0.25) is 0 Å². The van der Waals surface area contributed by atoms with Crippen molar-refractivity contribution in [1.82, 2.24) is 5.32 Å². The number of alkyl carbamates (subject to hydrolysis) is 1. The molecule has 10 nitrogen and oxygen atoms in total. The van der Waals surface area contributed by atoms with Gasteiger partial charge in [-0.25, -0.2) is 9.59 Å². The van der Waals surface area contributed by atoms with E-state index in [1.54, 1.807) is 27.9 Å². The molecule has 0 aromatic carbocycles. The van der Waals surface area contributed by atoms with Gasteiger partial charge < -0.3 is 29.4 Å². The van der Waals surface area contributed by atoms with Gasteiger partial charge in [-0.05, 0) is 69.8 Å². The SMILES string of the molecule is C=C1C(=O)[C@]23[C@H](OC(=O)[C@H](CCC)NC(=O)OC(C)(C)C)[C@H]1C[C@H](O)[C@H]2[C@]1(COC(C)=O)CCCC(C)(C)[C@H]1C[C@H]3OC. The summed E-state index contributed by atoms with van der Waals surface area (Å²) >= 11 is 0. The van der Waals surface area contributed by atoms with Gasteiger partial charge in [0.2, 0.25) is 0 Å². The molecule has 4 aliphatic carbocycles. The van der Waals surface area contributed by atoms with Crippen LogP contribution in [-0.2, 0) is 33.3 Å². The number of nitrogens with one attached hydrogen (secondary N) is 1. The number of methoxy groups -OCH3 is 1. The molecule has 43 heavy (non-hydrogen) atoms. The van der Waals surface area contributed by atoms with E-state index in [0.717, 1.165) is 12.8 Å². The minimum absolute atomic E-state index is 0.0282. The topological polar surface area (TPSA) is 137 Å². The summed E-state index contributed by atoms with van der Waals surface area (Å²) in [4.78, 5) is 53.2. The van der Waals surface area contributed by atoms with E-state index in [0.29, 0.717) is 31.3 Å². The van der Waals surface area contributed by atoms with E-state index in [9.17, 15) is 24.3 Å². The van der Waals surface area contributed by atoms with E-state index in [1.165, 1.54) is 6.92 Å². The van der Waals surface area contributed by atoms with E-state index < -0.39 is 70.7 Å². The predicted molar refractivity (Wildman–Crippen MR) is 158 cm³/mol. The fourth-order valence-corrected chi connectivity index (χ4v) is 9.28. The molecule has 1 amide bonds. The maximum Gasteiger partial charge on any atom is 0.408 e. The van der Waals surface area contributed by atoms with Crippen molar-refractivity contribution in [2.24, 2.45) is 34.0 Å². The largest absolute Gasteiger partial charge is 0.465 e. The third-order valence-corrected chi connectivity index (χ3v) is 10.7. The molecular formula is C33H51NO9. The van der Waals surface area contributed by atoms with Crippen molar-refractivity contribution in [2.75, 3.05) is 13.7 Å². The minimum Gasteiger partial charge on any atom is -0.465 e. The summed E-state index contributed by atoms with van der Waals surface area (Å²) in [5.41, 5.74) is -2.79. The Morgan fingerprint density at radius 1 is 1.16 bits per heavy atom. The van der Waals surface area contributed by atoms with Crippen LogP contribution in [0.3, 0.4) is 0 Å². The zero-order chi connectivity index (χ0) is 32.1. The number of aliphatic hydroxyl groups is 1. The Kier molecular flexibility index (Phi) is 9.18. The first-order chi connectivity index (χ1) is 20.0. The number of fused-ring (bicyclic) bond motifs is 3. The van der Waals surface area contributed by atoms with Gasteiger partial charge in [-0.1, -0.05) is 40.2 Å². The lowest BCUT2D eigenvalue weighted by Gasteiger charge is -2.67. The van der Waals surface area contributed by atoms with E-state index in [2.05, 4.69) is 25.7 Å². The Labute approximate surface area is 255 Å². The summed E-state index contributed by atoms with van der Waals surface area (Å²) in [6.07, 6.45) is 0.689. The van der Waals surface area contributed by atoms with Crippen LogP contribution >= 0.6 is 0 Å². The molecule has 0 saturated heterocycles. The van der Waals surface area contributed by atoms with Crippen LogP contribution in [0.15, 0.2) is 12.2 Å². The number of amides is 1. The monoisotopic (exact) mass is 605 g/mol. The maximum atomic E-state index is 14.5. The number of aliphatic hydroxyl groups excluding tert-OH is 1. The second-order valence-electron chi connectivity index (χ2n) is 14.9. The third-order valence-electron chi connectivity index (χ3n) is 10.7. The molecule has 2 bridgehead atoms. The van der Waals surface area contributed by atoms with Gasteiger partial charge in [-0.3, -0.25) is 9.59 Å². The van der Waals surface area contributed by atoms with Gasteiger partial charge >= 0.3 is 18.0 Å². The molecule has 4 rings (SSSR count). The molecule has 4 saturated carbocycles. The molecule has 4 fully saturated rings. The van der Waals surface area contributed by atoms with Crippen LogP contribution in [-0.4, -0.2) is 72.6 Å². The number of rotatable bonds is 8. The van der Waals surface area contributed by atoms with Gasteiger partial charge in [0, 0.05) is 31.3 Å². The average molecular weight is 606 g/mol. The van der Waals surface area contributed by atoms with Crippen LogP contribution in [0.4, 0.5) is 4.79 Å². The Morgan fingerprint density at radius 2 is 1.84 bits per heavy atom. The molecule has 1 spiro atoms. The van der Waals surface area contributed by atoms with E-state index in [1.807, 2.05) is 6.92 Å². The van der Waals surface area contributed by atoms with E-state index in [-0.39, 0.29) is 30.1 Å². The highest BCUT2D eigenvalue weighted by Crippen LogP contribution is 2.72. The number of carbonyl (C=O) groups is 4. The van der Waals surface area contributed by atoms with Gasteiger partial charge in [-0.2, -0.15) is 0 Å². The van der Waals surface area contributed by atoms with Crippen molar-refractivity contribution < 1.29 is 43.2 Å². The molecule has 0 unspecified atom stereocenters. The van der Waals surface area contributed by atoms with Crippen molar-refractivity contribution >= 4 is 23.8 Å². The quantitative estimate of drug-likeness (QED) is 0.233. The smallest absolute Gasteiger partial charge is 0.408 e. The Morgan fingerprint density at radius 3 is 2.42 bits per heavy atom. The lowest BCUT2D eigenvalue weighted by molar-refractivity contribution is -0.272. The highest BCUT2D eigenvalue weighted by molar-refractivity contribution is 6.05. The zero-order valence-electron chi connectivity index (χ0n) is 27.1. The highest BCUT2D eigenvalue weighted by Gasteiger charge is 2.78. The Balaban J connectivity index is 1.80. The summed E-state index contributed by atoms with van der Waals surface area (Å²) in [7, 11) is 1.55. The summed E-state index contributed by atoms with van der Waals surface area (Å²) in [5, 5.41) is 14.6. The number of carbonyl (C=O) groups excluding carboxylic acids is 4. The molecule has 10 heteroatoms. The summed E-state index contributed by atoms with van der Waals surface area (Å²) in [5.74, 6) is -2.70. The Hall–Kier alpha value is -2.46. The first-order valence-electron chi connectivity index (χ1n) is 15.7. The molecule has 242 valence electrons. The van der Waals surface area contributed by atoms with E-state index >= 15 is 0 Å². The minimum atomic E-state index is -1.42. The molecule has 0 radical (unpaired) electrons. The van der Waals surface area contributed by atoms with Crippen molar-refractivity contribution in [3.05, 3.63) is 12.2 Å². The summed E-state index contributed by atoms with van der Waals surface area (Å²) < 4.78 is 23.6. The van der Waals surface area contributed by atoms with Crippen molar-refractivity contribution in [2.45, 2.75) is 123 Å². The first kappa shape index (κ1) is 33.4. The lowest BCUT2D eigenvalue weighted by Crippen LogP contribution is -2.72. The fraction of sp³-hybridized carbons (Fsp3) is 0.818. The standard InChI is InChI=1S/C33H51NO9/c1-10-12-21(34-29(39)43-30(4,5)6)28(38)42-27-20-15-22(36)25-32(17-41-19(3)35)14-11-13-31(7,8)23(32)16-24(40-9)33(25,27)26(37)18(20)2/h20-25,27,36H,2,10-17H2,1,3-9H3,(H,34,39)/t20-,21-,22-,23+,24+,25-,27+,32-,33+/m0/s1. The predicted octanol–water partition coefficient (Wildman–Crippen LogP) is 4.51. The van der Waals surface area contributed by atoms with Gasteiger partial charge in [0.25, 0.3) is 0 Å². The third kappa shape index (κ3) is 5.62. The average Bonchev–Trinajstić information content (AvgIpc) is 3.01. The van der Waals surface area contributed by atoms with Gasteiger partial charge in [0.15, 0.2) is 5.78 Å². The number of ketones is 1. The van der Waals surface area contributed by atoms with Crippen LogP contribution < -0.4 is 5.32 Å². The number of esters is 2. The molecule has 2 N–H and O–H groups in total. The van der Waals surface area contributed by atoms with E-state index in [4.69, 9.17) is 18.9 Å². The molecule has 0 aromatic rings. The normalized spacial score (nSPS) is 37.0. The Bertz CT molecular complexity index is 1140. The van der Waals surface area contributed by atoms with Gasteiger partial charge in [-0.15, -0.1) is 0 Å². The molecule has 0 heterocycles. The number of ether oxygens (including phenoxy) is 4. The first-order valence-corrected chi connectivity index (χ1v) is 15.7. The van der Waals surface area contributed by atoms with Crippen LogP contribution in [0.1, 0.15) is 93.4 Å². The van der Waals surface area contributed by atoms with Crippen LogP contribution in [0.5, 0.6) is 0 Å². The number of hydrogen-bond acceptors (Lipinski definition) is 9. The van der Waals surface area contributed by atoms with Crippen molar-refractivity contribution in [3.63, 3.8) is 0 Å². The highest BCUT2D eigenvalue weighted by atomic mass is 16.6.